The first-order valence-corrected chi connectivity index (χ1v) is 9.95. The number of rotatable bonds is 6. The summed E-state index contributed by atoms with van der Waals surface area (Å²) in [6, 6.07) is 14.2. The average Bonchev–Trinajstić information content (AvgIpc) is 2.46. The summed E-state index contributed by atoms with van der Waals surface area (Å²) in [7, 11) is -3.31. The zero-order chi connectivity index (χ0) is 18.0. The number of phenolic OH excluding ortho intramolecular Hbond substituents is 1. The van der Waals surface area contributed by atoms with Crippen molar-refractivity contribution in [2.45, 2.75) is 39.2 Å². The van der Waals surface area contributed by atoms with E-state index in [9.17, 15) is 9.67 Å². The molecule has 0 amide bonds. The zero-order valence-electron chi connectivity index (χ0n) is 14.8. The lowest BCUT2D eigenvalue weighted by atomic mass is 9.99. The van der Waals surface area contributed by atoms with Crippen molar-refractivity contribution in [3.05, 3.63) is 59.7 Å². The molecule has 130 valence electrons. The summed E-state index contributed by atoms with van der Waals surface area (Å²) in [5, 5.41) is 9.39. The van der Waals surface area contributed by atoms with Crippen LogP contribution < -0.4 is 4.52 Å². The van der Waals surface area contributed by atoms with Gasteiger partial charge in [-0.25, -0.2) is 4.57 Å². The predicted molar refractivity (Wildman–Crippen MR) is 96.9 cm³/mol. The molecule has 0 aliphatic heterocycles. The minimum atomic E-state index is -3.31. The molecule has 1 N–H and O–H groups in total. The molecule has 5 heteroatoms. The van der Waals surface area contributed by atoms with Crippen LogP contribution in [-0.4, -0.2) is 11.8 Å². The lowest BCUT2D eigenvalue weighted by Crippen LogP contribution is -2.21. The van der Waals surface area contributed by atoms with Crippen LogP contribution in [0.15, 0.2) is 48.5 Å². The lowest BCUT2D eigenvalue weighted by Gasteiger charge is -2.29. The topological polar surface area (TPSA) is 55.8 Å². The summed E-state index contributed by atoms with van der Waals surface area (Å²) >= 11 is 0. The van der Waals surface area contributed by atoms with Crippen molar-refractivity contribution >= 4 is 7.60 Å². The first-order chi connectivity index (χ1) is 11.1. The molecule has 0 aliphatic carbocycles. The Hall–Kier alpha value is -1.77. The highest BCUT2D eigenvalue weighted by atomic mass is 31.2. The highest BCUT2D eigenvalue weighted by Crippen LogP contribution is 2.50. The number of hydrogen-bond donors (Lipinski definition) is 1. The molecule has 0 heterocycles. The van der Waals surface area contributed by atoms with E-state index in [0.717, 1.165) is 5.56 Å². The number of phenols is 1. The van der Waals surface area contributed by atoms with Crippen LogP contribution in [0.5, 0.6) is 11.5 Å². The maximum atomic E-state index is 12.8. The van der Waals surface area contributed by atoms with Gasteiger partial charge in [-0.15, -0.1) is 0 Å². The largest absolute Gasteiger partial charge is 0.508 e. The molecule has 0 bridgehead atoms. The van der Waals surface area contributed by atoms with Gasteiger partial charge in [-0.05, 0) is 55.2 Å². The Morgan fingerprint density at radius 2 is 1.54 bits per heavy atom. The molecular weight excluding hydrogens is 323 g/mol. The molecule has 2 rings (SSSR count). The molecule has 2 aromatic carbocycles. The second kappa shape index (κ2) is 7.00. The van der Waals surface area contributed by atoms with Gasteiger partial charge >= 0.3 is 7.60 Å². The second-order valence-electron chi connectivity index (χ2n) is 6.73. The Morgan fingerprint density at radius 3 is 2.04 bits per heavy atom. The van der Waals surface area contributed by atoms with Gasteiger partial charge in [0.25, 0.3) is 0 Å². The number of benzene rings is 2. The van der Waals surface area contributed by atoms with Crippen molar-refractivity contribution in [1.82, 2.24) is 0 Å². The summed E-state index contributed by atoms with van der Waals surface area (Å²) in [5.41, 5.74) is 1.19. The monoisotopic (exact) mass is 348 g/mol. The SMILES string of the molecule is CC(C)c1ccc(OP(C)(=O)OC(C)(C)c2ccc(O)cc2)cc1. The highest BCUT2D eigenvalue weighted by Gasteiger charge is 2.32. The minimum Gasteiger partial charge on any atom is -0.508 e. The minimum absolute atomic E-state index is 0.177. The fraction of sp³-hybridized carbons (Fsp3) is 0.368. The first-order valence-electron chi connectivity index (χ1n) is 7.96. The Balaban J connectivity index is 2.12. The Kier molecular flexibility index (Phi) is 5.42. The molecule has 0 aliphatic rings. The third-order valence-electron chi connectivity index (χ3n) is 3.77. The van der Waals surface area contributed by atoms with Crippen LogP contribution in [0.4, 0.5) is 0 Å². The summed E-state index contributed by atoms with van der Waals surface area (Å²) in [6.45, 7) is 9.33. The van der Waals surface area contributed by atoms with Crippen LogP contribution >= 0.6 is 7.60 Å². The maximum absolute atomic E-state index is 12.8. The molecule has 1 unspecified atom stereocenters. The zero-order valence-corrected chi connectivity index (χ0v) is 15.7. The second-order valence-corrected chi connectivity index (χ2v) is 8.64. The van der Waals surface area contributed by atoms with Gasteiger partial charge in [0.2, 0.25) is 0 Å². The van der Waals surface area contributed by atoms with Crippen LogP contribution in [0.1, 0.15) is 44.7 Å². The lowest BCUT2D eigenvalue weighted by molar-refractivity contribution is 0.0958. The average molecular weight is 348 g/mol. The first kappa shape index (κ1) is 18.6. The number of hydrogen-bond acceptors (Lipinski definition) is 4. The molecule has 0 fully saturated rings. The third-order valence-corrected chi connectivity index (χ3v) is 5.11. The summed E-state index contributed by atoms with van der Waals surface area (Å²) in [6.07, 6.45) is 0. The molecule has 0 radical (unpaired) electrons. The molecule has 2 aromatic rings. The van der Waals surface area contributed by atoms with Gasteiger partial charge in [0.1, 0.15) is 11.5 Å². The van der Waals surface area contributed by atoms with E-state index in [2.05, 4.69) is 13.8 Å². The van der Waals surface area contributed by atoms with Gasteiger partial charge in [0.15, 0.2) is 0 Å². The van der Waals surface area contributed by atoms with Crippen molar-refractivity contribution in [2.75, 3.05) is 6.66 Å². The van der Waals surface area contributed by atoms with Crippen LogP contribution in [0, 0.1) is 0 Å². The summed E-state index contributed by atoms with van der Waals surface area (Å²) in [4.78, 5) is 0. The molecule has 0 saturated carbocycles. The quantitative estimate of drug-likeness (QED) is 0.683. The van der Waals surface area contributed by atoms with E-state index in [0.29, 0.717) is 11.7 Å². The van der Waals surface area contributed by atoms with Crippen LogP contribution in [0.3, 0.4) is 0 Å². The molecule has 24 heavy (non-hydrogen) atoms. The third kappa shape index (κ3) is 4.86. The van der Waals surface area contributed by atoms with E-state index >= 15 is 0 Å². The van der Waals surface area contributed by atoms with Crippen molar-refractivity contribution in [3.8, 4) is 11.5 Å². The number of aromatic hydroxyl groups is 1. The molecular formula is C19H25O4P. The molecule has 0 spiro atoms. The Bertz CT molecular complexity index is 718. The van der Waals surface area contributed by atoms with Gasteiger partial charge < -0.3 is 9.63 Å². The maximum Gasteiger partial charge on any atom is 0.376 e. The highest BCUT2D eigenvalue weighted by molar-refractivity contribution is 7.53. The van der Waals surface area contributed by atoms with E-state index in [1.54, 1.807) is 24.3 Å². The fourth-order valence-corrected chi connectivity index (χ4v) is 3.93. The van der Waals surface area contributed by atoms with Gasteiger partial charge in [-0.1, -0.05) is 38.1 Å². The molecule has 4 nitrogen and oxygen atoms in total. The van der Waals surface area contributed by atoms with E-state index in [1.165, 1.54) is 12.2 Å². The smallest absolute Gasteiger partial charge is 0.376 e. The van der Waals surface area contributed by atoms with E-state index in [1.807, 2.05) is 38.1 Å². The van der Waals surface area contributed by atoms with Crippen molar-refractivity contribution < 1.29 is 18.7 Å². The molecule has 1 atom stereocenters. The van der Waals surface area contributed by atoms with Gasteiger partial charge in [0.05, 0.1) is 5.60 Å². The standard InChI is InChI=1S/C19H25O4P/c1-14(2)15-6-12-18(13-7-15)22-24(5,21)23-19(3,4)16-8-10-17(20)11-9-16/h6-14,20H,1-5H3. The van der Waals surface area contributed by atoms with Crippen molar-refractivity contribution in [3.63, 3.8) is 0 Å². The van der Waals surface area contributed by atoms with Crippen molar-refractivity contribution in [1.29, 1.82) is 0 Å². The summed E-state index contributed by atoms with van der Waals surface area (Å²) in [5.74, 6) is 1.12. The van der Waals surface area contributed by atoms with E-state index in [-0.39, 0.29) is 5.75 Å². The van der Waals surface area contributed by atoms with Gasteiger partial charge in [-0.3, -0.25) is 4.52 Å². The van der Waals surface area contributed by atoms with Crippen LogP contribution in [0.25, 0.3) is 0 Å². The van der Waals surface area contributed by atoms with Crippen LogP contribution in [0.2, 0.25) is 0 Å². The van der Waals surface area contributed by atoms with Gasteiger partial charge in [-0.2, -0.15) is 0 Å². The Morgan fingerprint density at radius 1 is 1.00 bits per heavy atom. The van der Waals surface area contributed by atoms with Crippen LogP contribution in [-0.2, 0) is 14.7 Å². The van der Waals surface area contributed by atoms with Crippen molar-refractivity contribution in [2.24, 2.45) is 0 Å². The molecule has 0 saturated heterocycles. The van der Waals surface area contributed by atoms with E-state index in [4.69, 9.17) is 9.05 Å². The normalized spacial score (nSPS) is 14.4. The van der Waals surface area contributed by atoms with E-state index < -0.39 is 13.2 Å². The Labute approximate surface area is 144 Å². The van der Waals surface area contributed by atoms with Gasteiger partial charge in [0, 0.05) is 6.66 Å². The molecule has 0 aromatic heterocycles. The fourth-order valence-electron chi connectivity index (χ4n) is 2.45. The predicted octanol–water partition coefficient (Wildman–Crippen LogP) is 5.67. The summed E-state index contributed by atoms with van der Waals surface area (Å²) < 4.78 is 24.2.